The lowest BCUT2D eigenvalue weighted by atomic mass is 9.98. The van der Waals surface area contributed by atoms with E-state index >= 15 is 0 Å². The zero-order valence-corrected chi connectivity index (χ0v) is 18.1. The van der Waals surface area contributed by atoms with Gasteiger partial charge >= 0.3 is 0 Å². The normalized spacial score (nSPS) is 13.0. The van der Waals surface area contributed by atoms with E-state index < -0.39 is 10.1 Å². The minimum atomic E-state index is -4.10. The van der Waals surface area contributed by atoms with Gasteiger partial charge in [0.25, 0.3) is 0 Å². The van der Waals surface area contributed by atoms with Gasteiger partial charge in [0.15, 0.2) is 8.68 Å². The van der Waals surface area contributed by atoms with Gasteiger partial charge in [-0.05, 0) is 36.3 Å². The Bertz CT molecular complexity index is 776. The molecule has 144 valence electrons. The summed E-state index contributed by atoms with van der Waals surface area (Å²) in [5, 5.41) is 8.35. The summed E-state index contributed by atoms with van der Waals surface area (Å²) in [6.07, 6.45) is 2.22. The van der Waals surface area contributed by atoms with E-state index in [1.165, 1.54) is 11.1 Å². The average molecular weight is 432 g/mol. The van der Waals surface area contributed by atoms with Crippen molar-refractivity contribution in [1.29, 1.82) is 0 Å². The van der Waals surface area contributed by atoms with Crippen molar-refractivity contribution in [2.75, 3.05) is 11.5 Å². The molecule has 0 N–H and O–H groups in total. The van der Waals surface area contributed by atoms with Crippen LogP contribution < -0.4 is 0 Å². The van der Waals surface area contributed by atoms with Gasteiger partial charge < -0.3 is 4.55 Å². The lowest BCUT2D eigenvalue weighted by molar-refractivity contribution is 0.461. The maximum absolute atomic E-state index is 10.5. The number of hydrogen-bond acceptors (Lipinski definition) is 8. The third-order valence-electron chi connectivity index (χ3n) is 3.93. The Kier molecular flexibility index (Phi) is 8.89. The molecule has 0 fully saturated rings. The van der Waals surface area contributed by atoms with Crippen LogP contribution in [-0.2, 0) is 15.9 Å². The first-order valence-corrected chi connectivity index (χ1v) is 12.9. The van der Waals surface area contributed by atoms with Crippen molar-refractivity contribution in [1.82, 2.24) is 10.2 Å². The van der Waals surface area contributed by atoms with Crippen LogP contribution in [0.3, 0.4) is 0 Å². The molecule has 9 heteroatoms. The second-order valence-electron chi connectivity index (χ2n) is 5.99. The third kappa shape index (κ3) is 7.96. The highest BCUT2D eigenvalue weighted by Gasteiger charge is 2.07. The third-order valence-corrected chi connectivity index (χ3v) is 8.06. The molecule has 0 spiro atoms. The summed E-state index contributed by atoms with van der Waals surface area (Å²) in [6, 6.07) is 8.76. The molecule has 0 radical (unpaired) electrons. The SMILES string of the molecule is CCC(C)c1ccc(CSc2nnc(SCCCCS(=O)(=O)[O-])s2)cc1. The van der Waals surface area contributed by atoms with E-state index in [4.69, 9.17) is 0 Å². The molecule has 1 heterocycles. The van der Waals surface area contributed by atoms with E-state index in [1.807, 2.05) is 0 Å². The Morgan fingerprint density at radius 1 is 1.12 bits per heavy atom. The van der Waals surface area contributed by atoms with E-state index in [0.717, 1.165) is 26.6 Å². The number of benzene rings is 1. The Morgan fingerprint density at radius 3 is 2.38 bits per heavy atom. The van der Waals surface area contributed by atoms with Crippen LogP contribution in [0.2, 0.25) is 0 Å². The largest absolute Gasteiger partial charge is 0.748 e. The van der Waals surface area contributed by atoms with E-state index in [9.17, 15) is 13.0 Å². The number of nitrogens with zero attached hydrogens (tertiary/aromatic N) is 2. The number of hydrogen-bond donors (Lipinski definition) is 0. The lowest BCUT2D eigenvalue weighted by Crippen LogP contribution is -2.04. The summed E-state index contributed by atoms with van der Waals surface area (Å²) in [6.45, 7) is 4.44. The molecule has 0 aliphatic heterocycles. The molecule has 26 heavy (non-hydrogen) atoms. The van der Waals surface area contributed by atoms with E-state index in [0.29, 0.717) is 18.8 Å². The van der Waals surface area contributed by atoms with Crippen LogP contribution in [0.4, 0.5) is 0 Å². The van der Waals surface area contributed by atoms with E-state index in [1.54, 1.807) is 34.9 Å². The van der Waals surface area contributed by atoms with Crippen molar-refractivity contribution in [2.45, 2.75) is 53.5 Å². The minimum Gasteiger partial charge on any atom is -0.748 e. The van der Waals surface area contributed by atoms with Crippen molar-refractivity contribution in [3.05, 3.63) is 35.4 Å². The summed E-state index contributed by atoms with van der Waals surface area (Å²) in [5.41, 5.74) is 2.64. The van der Waals surface area contributed by atoms with Crippen molar-refractivity contribution in [3.63, 3.8) is 0 Å². The molecule has 2 rings (SSSR count). The van der Waals surface area contributed by atoms with Gasteiger partial charge in [-0.3, -0.25) is 0 Å². The topological polar surface area (TPSA) is 83.0 Å². The Balaban J connectivity index is 1.72. The van der Waals surface area contributed by atoms with Gasteiger partial charge in [0.1, 0.15) is 0 Å². The molecular formula is C17H23N2O3S4-. The Labute approximate surface area is 168 Å². The molecule has 1 unspecified atom stereocenters. The quantitative estimate of drug-likeness (QED) is 0.288. The number of unbranched alkanes of at least 4 members (excludes halogenated alkanes) is 1. The van der Waals surface area contributed by atoms with Crippen LogP contribution in [0.25, 0.3) is 0 Å². The van der Waals surface area contributed by atoms with Crippen molar-refractivity contribution >= 4 is 45.0 Å². The Morgan fingerprint density at radius 2 is 1.77 bits per heavy atom. The number of thioether (sulfide) groups is 2. The van der Waals surface area contributed by atoms with Crippen molar-refractivity contribution in [2.24, 2.45) is 0 Å². The maximum Gasteiger partial charge on any atom is 0.175 e. The molecule has 0 aliphatic rings. The van der Waals surface area contributed by atoms with Crippen LogP contribution in [-0.4, -0.2) is 34.7 Å². The molecule has 0 aliphatic carbocycles. The van der Waals surface area contributed by atoms with Gasteiger partial charge in [0.05, 0.1) is 10.1 Å². The van der Waals surface area contributed by atoms with Crippen molar-refractivity contribution < 1.29 is 13.0 Å². The first kappa shape index (κ1) is 21.7. The fourth-order valence-corrected chi connectivity index (χ4v) is 5.78. The predicted molar refractivity (Wildman–Crippen MR) is 109 cm³/mol. The second kappa shape index (κ2) is 10.7. The fraction of sp³-hybridized carbons (Fsp3) is 0.529. The number of rotatable bonds is 11. The van der Waals surface area contributed by atoms with E-state index in [2.05, 4.69) is 48.3 Å². The van der Waals surface area contributed by atoms with Crippen LogP contribution in [0.5, 0.6) is 0 Å². The monoisotopic (exact) mass is 431 g/mol. The molecule has 1 aromatic carbocycles. The molecule has 1 atom stereocenters. The summed E-state index contributed by atoms with van der Waals surface area (Å²) in [5.74, 6) is 1.90. The van der Waals surface area contributed by atoms with Crippen LogP contribution in [0.15, 0.2) is 32.9 Å². The van der Waals surface area contributed by atoms with Crippen LogP contribution in [0.1, 0.15) is 50.2 Å². The number of aromatic nitrogens is 2. The van der Waals surface area contributed by atoms with Gasteiger partial charge in [0, 0.05) is 17.3 Å². The van der Waals surface area contributed by atoms with Gasteiger partial charge in [-0.2, -0.15) is 0 Å². The molecule has 0 bridgehead atoms. The summed E-state index contributed by atoms with van der Waals surface area (Å²) in [7, 11) is -4.10. The average Bonchev–Trinajstić information content (AvgIpc) is 3.06. The van der Waals surface area contributed by atoms with Gasteiger partial charge in [-0.1, -0.05) is 73.0 Å². The lowest BCUT2D eigenvalue weighted by Gasteiger charge is -2.09. The maximum atomic E-state index is 10.5. The molecule has 0 saturated heterocycles. The zero-order valence-electron chi connectivity index (χ0n) is 14.9. The fourth-order valence-electron chi connectivity index (χ4n) is 2.18. The van der Waals surface area contributed by atoms with Gasteiger partial charge in [0.2, 0.25) is 0 Å². The highest BCUT2D eigenvalue weighted by Crippen LogP contribution is 2.31. The van der Waals surface area contributed by atoms with Crippen LogP contribution >= 0.6 is 34.9 Å². The van der Waals surface area contributed by atoms with Crippen LogP contribution in [0, 0.1) is 0 Å². The zero-order chi connectivity index (χ0) is 19.0. The Hall–Kier alpha value is -0.610. The van der Waals surface area contributed by atoms with Gasteiger partial charge in [-0.15, -0.1) is 10.2 Å². The highest BCUT2D eigenvalue weighted by molar-refractivity contribution is 8.02. The van der Waals surface area contributed by atoms with Gasteiger partial charge in [-0.25, -0.2) is 8.42 Å². The summed E-state index contributed by atoms with van der Waals surface area (Å²) in [4.78, 5) is 0. The van der Waals surface area contributed by atoms with Crippen molar-refractivity contribution in [3.8, 4) is 0 Å². The summed E-state index contributed by atoms with van der Waals surface area (Å²) < 4.78 is 33.4. The second-order valence-corrected chi connectivity index (χ2v) is 11.1. The molecule has 2 aromatic rings. The molecule has 5 nitrogen and oxygen atoms in total. The first-order valence-electron chi connectivity index (χ1n) is 8.49. The molecular weight excluding hydrogens is 408 g/mol. The standard InChI is InChI=1S/C17H24N2O3S4/c1-3-13(2)15-8-6-14(7-9-15)12-24-17-19-18-16(25-17)23-10-4-5-11-26(20,21)22/h6-9,13H,3-5,10-12H2,1-2H3,(H,20,21,22)/p-1. The molecule has 0 amide bonds. The van der Waals surface area contributed by atoms with E-state index in [-0.39, 0.29) is 5.75 Å². The first-order chi connectivity index (χ1) is 12.4. The highest BCUT2D eigenvalue weighted by atomic mass is 32.2. The summed E-state index contributed by atoms with van der Waals surface area (Å²) >= 11 is 4.78. The predicted octanol–water partition coefficient (Wildman–Crippen LogP) is 4.76. The molecule has 1 aromatic heterocycles. The molecule has 0 saturated carbocycles. The smallest absolute Gasteiger partial charge is 0.175 e. The minimum absolute atomic E-state index is 0.291.